The zero-order valence-corrected chi connectivity index (χ0v) is 18.0. The normalized spacial score (nSPS) is 10.5. The Morgan fingerprint density at radius 3 is 2.47 bits per heavy atom. The molecule has 0 unspecified atom stereocenters. The van der Waals surface area contributed by atoms with Gasteiger partial charge < -0.3 is 10.6 Å². The molecular weight excluding hydrogens is 434 g/mol. The average molecular weight is 455 g/mol. The molecule has 0 aliphatic rings. The number of nitrogens with one attached hydrogen (secondary N) is 2. The van der Waals surface area contributed by atoms with Gasteiger partial charge in [-0.25, -0.2) is 4.68 Å². The van der Waals surface area contributed by atoms with Gasteiger partial charge in [-0.3, -0.25) is 19.7 Å². The number of hydrogen-bond donors (Lipinski definition) is 2. The minimum atomic E-state index is -0.506. The van der Waals surface area contributed by atoms with Crippen LogP contribution in [0.5, 0.6) is 0 Å². The van der Waals surface area contributed by atoms with Crippen LogP contribution < -0.4 is 10.6 Å². The molecule has 170 valence electrons. The zero-order chi connectivity index (χ0) is 23.9. The van der Waals surface area contributed by atoms with E-state index in [1.54, 1.807) is 36.4 Å². The lowest BCUT2D eigenvalue weighted by atomic mass is 10.1. The molecule has 9 nitrogen and oxygen atoms in total. The molecule has 9 heteroatoms. The first-order valence-corrected chi connectivity index (χ1v) is 10.5. The van der Waals surface area contributed by atoms with Gasteiger partial charge in [0.2, 0.25) is 0 Å². The first-order chi connectivity index (χ1) is 16.5. The second kappa shape index (κ2) is 10.2. The molecule has 2 N–H and O–H groups in total. The van der Waals surface area contributed by atoms with E-state index in [1.807, 2.05) is 30.3 Å². The number of benzene rings is 3. The highest BCUT2D eigenvalue weighted by Gasteiger charge is 2.16. The van der Waals surface area contributed by atoms with Crippen LogP contribution in [0.25, 0.3) is 5.69 Å². The third-order valence-electron chi connectivity index (χ3n) is 5.09. The standard InChI is InChI=1S/C25H21N5O4/c31-24(26-15-13-18-7-2-1-3-8-18)21-11-4-5-12-22(21)27-25(32)23-14-16-29(28-23)19-9-6-10-20(17-19)30(33)34/h1-12,14,16-17H,13,15H2,(H,26,31)(H,27,32). The van der Waals surface area contributed by atoms with Gasteiger partial charge in [-0.15, -0.1) is 0 Å². The summed E-state index contributed by atoms with van der Waals surface area (Å²) in [5, 5.41) is 20.8. The average Bonchev–Trinajstić information content (AvgIpc) is 3.36. The molecule has 0 radical (unpaired) electrons. The maximum Gasteiger partial charge on any atom is 0.276 e. The Labute approximate surface area is 195 Å². The molecule has 4 aromatic rings. The van der Waals surface area contributed by atoms with Gasteiger partial charge >= 0.3 is 0 Å². The molecule has 3 aromatic carbocycles. The van der Waals surface area contributed by atoms with Crippen molar-refractivity contribution in [3.63, 3.8) is 0 Å². The summed E-state index contributed by atoms with van der Waals surface area (Å²) in [6.45, 7) is 0.457. The summed E-state index contributed by atoms with van der Waals surface area (Å²) in [5.41, 5.74) is 2.28. The highest BCUT2D eigenvalue weighted by atomic mass is 16.6. The summed E-state index contributed by atoms with van der Waals surface area (Å²) in [5.74, 6) is -0.803. The van der Waals surface area contributed by atoms with Gasteiger partial charge in [-0.05, 0) is 36.2 Å². The Bertz CT molecular complexity index is 1330. The van der Waals surface area contributed by atoms with E-state index < -0.39 is 10.8 Å². The Morgan fingerprint density at radius 1 is 0.912 bits per heavy atom. The van der Waals surface area contributed by atoms with E-state index in [1.165, 1.54) is 29.1 Å². The fourth-order valence-corrected chi connectivity index (χ4v) is 3.37. The van der Waals surface area contributed by atoms with Gasteiger partial charge in [0.25, 0.3) is 17.5 Å². The predicted octanol–water partition coefficient (Wildman–Crippen LogP) is 4.01. The molecule has 4 rings (SSSR count). The summed E-state index contributed by atoms with van der Waals surface area (Å²) < 4.78 is 1.38. The van der Waals surface area contributed by atoms with Crippen LogP contribution in [-0.2, 0) is 6.42 Å². The molecule has 1 heterocycles. The van der Waals surface area contributed by atoms with Crippen LogP contribution >= 0.6 is 0 Å². The highest BCUT2D eigenvalue weighted by Crippen LogP contribution is 2.18. The summed E-state index contributed by atoms with van der Waals surface area (Å²) in [6.07, 6.45) is 2.23. The second-order valence-corrected chi connectivity index (χ2v) is 7.41. The summed E-state index contributed by atoms with van der Waals surface area (Å²) in [6, 6.07) is 24.0. The van der Waals surface area contributed by atoms with Gasteiger partial charge in [0, 0.05) is 24.9 Å². The quantitative estimate of drug-likeness (QED) is 0.307. The van der Waals surface area contributed by atoms with Crippen LogP contribution in [0.15, 0.2) is 91.1 Å². The fourth-order valence-electron chi connectivity index (χ4n) is 3.37. The first-order valence-electron chi connectivity index (χ1n) is 10.5. The van der Waals surface area contributed by atoms with E-state index in [0.717, 1.165) is 5.56 Å². The number of anilines is 1. The number of carbonyl (C=O) groups excluding carboxylic acids is 2. The Morgan fingerprint density at radius 2 is 1.68 bits per heavy atom. The summed E-state index contributed by atoms with van der Waals surface area (Å²) >= 11 is 0. The smallest absolute Gasteiger partial charge is 0.276 e. The van der Waals surface area contributed by atoms with E-state index in [-0.39, 0.29) is 17.3 Å². The Balaban J connectivity index is 1.43. The molecule has 34 heavy (non-hydrogen) atoms. The minimum absolute atomic E-state index is 0.0776. The lowest BCUT2D eigenvalue weighted by Gasteiger charge is -2.11. The molecule has 0 fully saturated rings. The zero-order valence-electron chi connectivity index (χ0n) is 18.0. The molecule has 1 aromatic heterocycles. The van der Waals surface area contributed by atoms with Crippen molar-refractivity contribution in [3.8, 4) is 5.69 Å². The van der Waals surface area contributed by atoms with Gasteiger partial charge in [0.1, 0.15) is 0 Å². The van der Waals surface area contributed by atoms with Crippen molar-refractivity contribution < 1.29 is 14.5 Å². The van der Waals surface area contributed by atoms with Crippen molar-refractivity contribution in [1.82, 2.24) is 15.1 Å². The molecule has 0 saturated heterocycles. The van der Waals surface area contributed by atoms with Gasteiger partial charge in [-0.1, -0.05) is 48.5 Å². The number of aromatic nitrogens is 2. The number of nitro benzene ring substituents is 1. The van der Waals surface area contributed by atoms with Crippen molar-refractivity contribution in [1.29, 1.82) is 0 Å². The van der Waals surface area contributed by atoms with Crippen LogP contribution in [-0.4, -0.2) is 33.1 Å². The van der Waals surface area contributed by atoms with Crippen molar-refractivity contribution >= 4 is 23.2 Å². The number of carbonyl (C=O) groups is 2. The first kappa shape index (κ1) is 22.4. The molecule has 0 atom stereocenters. The monoisotopic (exact) mass is 455 g/mol. The maximum atomic E-state index is 12.8. The van der Waals surface area contributed by atoms with Crippen LogP contribution in [0, 0.1) is 10.1 Å². The minimum Gasteiger partial charge on any atom is -0.352 e. The van der Waals surface area contributed by atoms with E-state index in [2.05, 4.69) is 15.7 Å². The fraction of sp³-hybridized carbons (Fsp3) is 0.0800. The third kappa shape index (κ3) is 5.33. The van der Waals surface area contributed by atoms with Crippen LogP contribution in [0.3, 0.4) is 0 Å². The number of rotatable bonds is 8. The number of hydrogen-bond acceptors (Lipinski definition) is 5. The number of nitro groups is 1. The number of non-ortho nitro benzene ring substituents is 1. The topological polar surface area (TPSA) is 119 Å². The van der Waals surface area contributed by atoms with E-state index in [4.69, 9.17) is 0 Å². The van der Waals surface area contributed by atoms with Gasteiger partial charge in [0.05, 0.1) is 21.9 Å². The molecule has 2 amide bonds. The van der Waals surface area contributed by atoms with E-state index in [0.29, 0.717) is 29.9 Å². The highest BCUT2D eigenvalue weighted by molar-refractivity contribution is 6.08. The number of amides is 2. The van der Waals surface area contributed by atoms with Crippen molar-refractivity contribution in [2.24, 2.45) is 0 Å². The number of nitrogens with zero attached hydrogens (tertiary/aromatic N) is 3. The molecule has 0 bridgehead atoms. The third-order valence-corrected chi connectivity index (χ3v) is 5.09. The lowest BCUT2D eigenvalue weighted by molar-refractivity contribution is -0.384. The van der Waals surface area contributed by atoms with Crippen LogP contribution in [0.4, 0.5) is 11.4 Å². The van der Waals surface area contributed by atoms with Crippen LogP contribution in [0.2, 0.25) is 0 Å². The molecule has 0 spiro atoms. The Kier molecular flexibility index (Phi) is 6.73. The predicted molar refractivity (Wildman–Crippen MR) is 127 cm³/mol. The largest absolute Gasteiger partial charge is 0.352 e. The number of para-hydroxylation sites is 1. The molecule has 0 aliphatic carbocycles. The molecule has 0 aliphatic heterocycles. The van der Waals surface area contributed by atoms with E-state index >= 15 is 0 Å². The van der Waals surface area contributed by atoms with Crippen molar-refractivity contribution in [2.45, 2.75) is 6.42 Å². The summed E-state index contributed by atoms with van der Waals surface area (Å²) in [7, 11) is 0. The molecule has 0 saturated carbocycles. The van der Waals surface area contributed by atoms with Gasteiger partial charge in [0.15, 0.2) is 5.69 Å². The summed E-state index contributed by atoms with van der Waals surface area (Å²) in [4.78, 5) is 36.0. The van der Waals surface area contributed by atoms with E-state index in [9.17, 15) is 19.7 Å². The lowest BCUT2D eigenvalue weighted by Crippen LogP contribution is -2.27. The second-order valence-electron chi connectivity index (χ2n) is 7.41. The SMILES string of the molecule is O=C(Nc1ccccc1C(=O)NCCc1ccccc1)c1ccn(-c2cccc([N+](=O)[O-])c2)n1. The van der Waals surface area contributed by atoms with Crippen molar-refractivity contribution in [2.75, 3.05) is 11.9 Å². The van der Waals surface area contributed by atoms with Crippen LogP contribution in [0.1, 0.15) is 26.4 Å². The van der Waals surface area contributed by atoms with Crippen molar-refractivity contribution in [3.05, 3.63) is 118 Å². The molecular formula is C25H21N5O4. The Hall–Kier alpha value is -4.79. The maximum absolute atomic E-state index is 12.8. The van der Waals surface area contributed by atoms with Gasteiger partial charge in [-0.2, -0.15) is 5.10 Å².